The fourth-order valence-electron chi connectivity index (χ4n) is 3.52. The van der Waals surface area contributed by atoms with Crippen LogP contribution in [0.1, 0.15) is 62.4 Å². The van der Waals surface area contributed by atoms with E-state index in [9.17, 15) is 18.0 Å². The van der Waals surface area contributed by atoms with Gasteiger partial charge in [-0.15, -0.1) is 0 Å². The summed E-state index contributed by atoms with van der Waals surface area (Å²) < 4.78 is 32.3. The third kappa shape index (κ3) is 5.57. The molecule has 1 aromatic carbocycles. The first-order chi connectivity index (χ1) is 13.7. The van der Waals surface area contributed by atoms with Crippen LogP contribution in [-0.2, 0) is 19.6 Å². The number of carbonyl (C=O) groups excluding carboxylic acids is 2. The van der Waals surface area contributed by atoms with Crippen LogP contribution in [0.15, 0.2) is 23.1 Å². The van der Waals surface area contributed by atoms with Crippen molar-refractivity contribution < 1.29 is 22.7 Å². The van der Waals surface area contributed by atoms with E-state index in [1.54, 1.807) is 38.7 Å². The van der Waals surface area contributed by atoms with E-state index < -0.39 is 22.1 Å². The molecule has 0 saturated carbocycles. The Kier molecular flexibility index (Phi) is 8.22. The number of esters is 1. The Labute approximate surface area is 174 Å². The van der Waals surface area contributed by atoms with Gasteiger partial charge in [-0.25, -0.2) is 13.2 Å². The number of likely N-dealkylation sites (tertiary alicyclic amines) is 1. The van der Waals surface area contributed by atoms with Gasteiger partial charge in [0.05, 0.1) is 10.5 Å². The Hall–Kier alpha value is -1.93. The Morgan fingerprint density at radius 1 is 1.10 bits per heavy atom. The lowest BCUT2D eigenvalue weighted by atomic mass is 10.1. The number of ether oxygens (including phenoxy) is 1. The molecule has 8 heteroatoms. The van der Waals surface area contributed by atoms with Crippen LogP contribution in [0.5, 0.6) is 0 Å². The summed E-state index contributed by atoms with van der Waals surface area (Å²) in [7, 11) is -3.69. The second kappa shape index (κ2) is 10.2. The van der Waals surface area contributed by atoms with Crippen LogP contribution >= 0.6 is 0 Å². The van der Waals surface area contributed by atoms with Gasteiger partial charge in [-0.3, -0.25) is 4.79 Å². The molecule has 7 nitrogen and oxygen atoms in total. The van der Waals surface area contributed by atoms with Crippen LogP contribution < -0.4 is 0 Å². The maximum Gasteiger partial charge on any atom is 0.339 e. The molecule has 0 radical (unpaired) electrons. The average molecular weight is 425 g/mol. The summed E-state index contributed by atoms with van der Waals surface area (Å²) in [6, 6.07) is 4.42. The van der Waals surface area contributed by atoms with Crippen LogP contribution in [0, 0.1) is 6.92 Å². The topological polar surface area (TPSA) is 84.0 Å². The Balaban J connectivity index is 2.19. The van der Waals surface area contributed by atoms with Crippen molar-refractivity contribution in [2.45, 2.75) is 64.4 Å². The van der Waals surface area contributed by atoms with E-state index >= 15 is 0 Å². The molecule has 1 aromatic rings. The van der Waals surface area contributed by atoms with Crippen molar-refractivity contribution in [3.63, 3.8) is 0 Å². The molecule has 0 spiro atoms. The van der Waals surface area contributed by atoms with Gasteiger partial charge in [0.1, 0.15) is 0 Å². The molecule has 0 aliphatic carbocycles. The number of sulfonamides is 1. The molecule has 0 unspecified atom stereocenters. The van der Waals surface area contributed by atoms with E-state index in [0.29, 0.717) is 31.7 Å². The Morgan fingerprint density at radius 2 is 1.69 bits per heavy atom. The molecule has 1 aliphatic rings. The van der Waals surface area contributed by atoms with Gasteiger partial charge in [-0.2, -0.15) is 4.31 Å². The monoisotopic (exact) mass is 424 g/mol. The number of carbonyl (C=O) groups is 2. The molecule has 1 fully saturated rings. The highest BCUT2D eigenvalue weighted by molar-refractivity contribution is 7.89. The van der Waals surface area contributed by atoms with Crippen molar-refractivity contribution in [1.82, 2.24) is 9.21 Å². The molecule has 0 aromatic heterocycles. The van der Waals surface area contributed by atoms with Crippen molar-refractivity contribution >= 4 is 21.9 Å². The maximum absolute atomic E-state index is 12.8. The van der Waals surface area contributed by atoms with Crippen LogP contribution in [0.2, 0.25) is 0 Å². The van der Waals surface area contributed by atoms with Crippen molar-refractivity contribution in [1.29, 1.82) is 0 Å². The third-order valence-corrected chi connectivity index (χ3v) is 7.37. The molecule has 29 heavy (non-hydrogen) atoms. The predicted octanol–water partition coefficient (Wildman–Crippen LogP) is 2.97. The number of hydrogen-bond acceptors (Lipinski definition) is 5. The van der Waals surface area contributed by atoms with Gasteiger partial charge in [0.2, 0.25) is 10.0 Å². The van der Waals surface area contributed by atoms with Gasteiger partial charge in [0.15, 0.2) is 6.10 Å². The number of amides is 1. The number of hydrogen-bond donors (Lipinski definition) is 0. The lowest BCUT2D eigenvalue weighted by Crippen LogP contribution is -2.40. The van der Waals surface area contributed by atoms with Gasteiger partial charge in [0.25, 0.3) is 5.91 Å². The lowest BCUT2D eigenvalue weighted by Gasteiger charge is -2.24. The Bertz CT molecular complexity index is 825. The average Bonchev–Trinajstić information content (AvgIpc) is 2.97. The quantitative estimate of drug-likeness (QED) is 0.629. The number of aryl methyl sites for hydroxylation is 1. The third-order valence-electron chi connectivity index (χ3n) is 5.32. The molecule has 0 N–H and O–H groups in total. The zero-order valence-corrected chi connectivity index (χ0v) is 18.6. The van der Waals surface area contributed by atoms with Crippen LogP contribution in [0.3, 0.4) is 0 Å². The first kappa shape index (κ1) is 23.3. The van der Waals surface area contributed by atoms with E-state index in [2.05, 4.69) is 0 Å². The summed E-state index contributed by atoms with van der Waals surface area (Å²) in [5.74, 6) is -0.889. The van der Waals surface area contributed by atoms with Crippen LogP contribution in [0.25, 0.3) is 0 Å². The van der Waals surface area contributed by atoms with E-state index in [4.69, 9.17) is 4.74 Å². The molecule has 162 valence electrons. The van der Waals surface area contributed by atoms with Gasteiger partial charge < -0.3 is 9.64 Å². The fourth-order valence-corrected chi connectivity index (χ4v) is 5.00. The molecule has 1 atom stereocenters. The zero-order chi connectivity index (χ0) is 21.6. The lowest BCUT2D eigenvalue weighted by molar-refractivity contribution is -0.139. The molecule has 1 amide bonds. The normalized spacial score (nSPS) is 16.4. The molecule has 0 bridgehead atoms. The summed E-state index contributed by atoms with van der Waals surface area (Å²) in [6.07, 6.45) is 3.20. The Morgan fingerprint density at radius 3 is 2.24 bits per heavy atom. The second-order valence-corrected chi connectivity index (χ2v) is 9.29. The summed E-state index contributed by atoms with van der Waals surface area (Å²) in [6.45, 7) is 8.85. The molecule has 1 aliphatic heterocycles. The van der Waals surface area contributed by atoms with Gasteiger partial charge in [0, 0.05) is 26.2 Å². The van der Waals surface area contributed by atoms with Gasteiger partial charge in [-0.1, -0.05) is 32.8 Å². The van der Waals surface area contributed by atoms with E-state index in [1.165, 1.54) is 16.4 Å². The van der Waals surface area contributed by atoms with E-state index in [0.717, 1.165) is 25.7 Å². The molecular formula is C21H32N2O5S. The SMILES string of the molecule is CCN(CC)S(=O)(=O)c1ccc(C)c(C(=O)O[C@@H](C)C(=O)N2CCCCCC2)c1. The minimum atomic E-state index is -3.69. The van der Waals surface area contributed by atoms with Crippen molar-refractivity contribution in [2.75, 3.05) is 26.2 Å². The predicted molar refractivity (Wildman–Crippen MR) is 111 cm³/mol. The molecular weight excluding hydrogens is 392 g/mol. The van der Waals surface area contributed by atoms with E-state index in [1.807, 2.05) is 0 Å². The molecule has 2 rings (SSSR count). The number of benzene rings is 1. The van der Waals surface area contributed by atoms with Crippen molar-refractivity contribution in [2.24, 2.45) is 0 Å². The summed E-state index contributed by atoms with van der Waals surface area (Å²) in [4.78, 5) is 27.2. The van der Waals surface area contributed by atoms with Gasteiger partial charge >= 0.3 is 5.97 Å². The van der Waals surface area contributed by atoms with Crippen LogP contribution in [0.4, 0.5) is 0 Å². The fraction of sp³-hybridized carbons (Fsp3) is 0.619. The zero-order valence-electron chi connectivity index (χ0n) is 17.8. The standard InChI is InChI=1S/C21H32N2O5S/c1-5-23(6-2)29(26,27)18-12-11-16(3)19(15-18)21(25)28-17(4)20(24)22-13-9-7-8-10-14-22/h11-12,15,17H,5-10,13-14H2,1-4H3/t17-/m0/s1. The first-order valence-corrected chi connectivity index (χ1v) is 11.8. The van der Waals surface area contributed by atoms with Crippen molar-refractivity contribution in [3.8, 4) is 0 Å². The second-order valence-electron chi connectivity index (χ2n) is 7.35. The maximum atomic E-state index is 12.8. The summed E-state index contributed by atoms with van der Waals surface area (Å²) in [5, 5.41) is 0. The summed E-state index contributed by atoms with van der Waals surface area (Å²) >= 11 is 0. The largest absolute Gasteiger partial charge is 0.449 e. The minimum Gasteiger partial charge on any atom is -0.449 e. The smallest absolute Gasteiger partial charge is 0.339 e. The highest BCUT2D eigenvalue weighted by Gasteiger charge is 2.27. The number of nitrogens with zero attached hydrogens (tertiary/aromatic N) is 2. The highest BCUT2D eigenvalue weighted by Crippen LogP contribution is 2.21. The van der Waals surface area contributed by atoms with Gasteiger partial charge in [-0.05, 0) is 44.4 Å². The summed E-state index contributed by atoms with van der Waals surface area (Å²) in [5.41, 5.74) is 0.761. The minimum absolute atomic E-state index is 0.0465. The number of rotatable bonds is 7. The molecule has 1 saturated heterocycles. The first-order valence-electron chi connectivity index (χ1n) is 10.3. The van der Waals surface area contributed by atoms with E-state index in [-0.39, 0.29) is 16.4 Å². The van der Waals surface area contributed by atoms with Crippen molar-refractivity contribution in [3.05, 3.63) is 29.3 Å². The van der Waals surface area contributed by atoms with Crippen LogP contribution in [-0.4, -0.2) is 61.8 Å². The highest BCUT2D eigenvalue weighted by atomic mass is 32.2. The molecule has 1 heterocycles.